The van der Waals surface area contributed by atoms with Gasteiger partial charge in [0.25, 0.3) is 0 Å². The van der Waals surface area contributed by atoms with Crippen molar-refractivity contribution in [1.82, 2.24) is 0 Å². The van der Waals surface area contributed by atoms with Crippen molar-refractivity contribution in [1.29, 1.82) is 0 Å². The van der Waals surface area contributed by atoms with E-state index in [1.54, 1.807) is 0 Å². The number of nitrogens with zero attached hydrogens (tertiary/aromatic N) is 1. The van der Waals surface area contributed by atoms with Gasteiger partial charge in [-0.05, 0) is 108 Å². The lowest BCUT2D eigenvalue weighted by molar-refractivity contribution is 0.660. The van der Waals surface area contributed by atoms with Gasteiger partial charge in [0.05, 0.1) is 5.69 Å². The van der Waals surface area contributed by atoms with E-state index in [1.165, 1.54) is 76.8 Å². The number of anilines is 3. The van der Waals surface area contributed by atoms with E-state index >= 15 is 0 Å². The van der Waals surface area contributed by atoms with Crippen LogP contribution in [0.1, 0.15) is 25.0 Å². The Balaban J connectivity index is 1.18. The minimum Gasteiger partial charge on any atom is -0.310 e. The molecular formula is C51H37N. The first-order valence-electron chi connectivity index (χ1n) is 18.2. The van der Waals surface area contributed by atoms with Gasteiger partial charge in [-0.25, -0.2) is 0 Å². The molecule has 1 aliphatic carbocycles. The minimum absolute atomic E-state index is 0.105. The molecule has 0 spiro atoms. The lowest BCUT2D eigenvalue weighted by atomic mass is 9.82. The van der Waals surface area contributed by atoms with Crippen LogP contribution in [0.2, 0.25) is 0 Å². The van der Waals surface area contributed by atoms with Gasteiger partial charge in [0, 0.05) is 22.4 Å². The number of para-hydroxylation sites is 1. The predicted octanol–water partition coefficient (Wildman–Crippen LogP) is 14.3. The highest BCUT2D eigenvalue weighted by molar-refractivity contribution is 6.25. The molecule has 1 aliphatic rings. The van der Waals surface area contributed by atoms with Crippen molar-refractivity contribution in [2.24, 2.45) is 0 Å². The molecule has 52 heavy (non-hydrogen) atoms. The first-order valence-corrected chi connectivity index (χ1v) is 18.2. The molecule has 246 valence electrons. The second-order valence-corrected chi connectivity index (χ2v) is 14.5. The van der Waals surface area contributed by atoms with Gasteiger partial charge >= 0.3 is 0 Å². The van der Waals surface area contributed by atoms with Crippen LogP contribution in [0.5, 0.6) is 0 Å². The molecule has 0 radical (unpaired) electrons. The first kappa shape index (κ1) is 30.4. The average Bonchev–Trinajstić information content (AvgIpc) is 3.44. The van der Waals surface area contributed by atoms with Gasteiger partial charge in [0.2, 0.25) is 0 Å². The summed E-state index contributed by atoms with van der Waals surface area (Å²) in [5.41, 5.74) is 13.5. The second kappa shape index (κ2) is 11.8. The lowest BCUT2D eigenvalue weighted by Crippen LogP contribution is -2.16. The Morgan fingerprint density at radius 1 is 0.327 bits per heavy atom. The molecule has 0 fully saturated rings. The van der Waals surface area contributed by atoms with Gasteiger partial charge in [-0.1, -0.05) is 166 Å². The summed E-state index contributed by atoms with van der Waals surface area (Å²) in [6.07, 6.45) is 0. The molecule has 1 nitrogen and oxygen atoms in total. The smallest absolute Gasteiger partial charge is 0.0540 e. The van der Waals surface area contributed by atoms with Crippen molar-refractivity contribution in [3.8, 4) is 33.4 Å². The maximum absolute atomic E-state index is 2.45. The molecule has 0 amide bonds. The van der Waals surface area contributed by atoms with Crippen molar-refractivity contribution in [3.63, 3.8) is 0 Å². The van der Waals surface area contributed by atoms with Crippen molar-refractivity contribution in [3.05, 3.63) is 199 Å². The number of hydrogen-bond acceptors (Lipinski definition) is 1. The maximum atomic E-state index is 2.45. The van der Waals surface area contributed by atoms with Crippen LogP contribution < -0.4 is 4.90 Å². The molecule has 0 atom stereocenters. The average molecular weight is 664 g/mol. The summed E-state index contributed by atoms with van der Waals surface area (Å²) >= 11 is 0. The van der Waals surface area contributed by atoms with E-state index in [9.17, 15) is 0 Å². The van der Waals surface area contributed by atoms with Gasteiger partial charge in [-0.2, -0.15) is 0 Å². The van der Waals surface area contributed by atoms with E-state index in [4.69, 9.17) is 0 Å². The lowest BCUT2D eigenvalue weighted by Gasteiger charge is -2.30. The molecule has 9 aromatic rings. The standard InChI is InChI=1S/C51H37N/c1-51(2)48-22-12-10-21-45(48)46-31-29-38(33-49(46)51)52(37-27-24-35(25-28-37)34-14-4-3-5-15-34)50-23-13-11-16-39(50)36-26-30-44-42-19-7-6-17-40(42)41-18-8-9-20-43(41)47(44)32-36/h3-33H,1-2H3. The zero-order valence-electron chi connectivity index (χ0n) is 29.3. The van der Waals surface area contributed by atoms with Crippen LogP contribution in [0.25, 0.3) is 65.7 Å². The summed E-state index contributed by atoms with van der Waals surface area (Å²) in [5.74, 6) is 0. The summed E-state index contributed by atoms with van der Waals surface area (Å²) < 4.78 is 0. The highest BCUT2D eigenvalue weighted by Gasteiger charge is 2.35. The molecule has 0 N–H and O–H groups in total. The van der Waals surface area contributed by atoms with Crippen molar-refractivity contribution in [2.45, 2.75) is 19.3 Å². The fraction of sp³-hybridized carbons (Fsp3) is 0.0588. The monoisotopic (exact) mass is 663 g/mol. The van der Waals surface area contributed by atoms with E-state index in [1.807, 2.05) is 0 Å². The highest BCUT2D eigenvalue weighted by Crippen LogP contribution is 2.51. The zero-order valence-corrected chi connectivity index (χ0v) is 29.3. The Kier molecular flexibility index (Phi) is 6.91. The molecule has 0 aromatic heterocycles. The minimum atomic E-state index is -0.105. The largest absolute Gasteiger partial charge is 0.310 e. The third-order valence-corrected chi connectivity index (χ3v) is 11.3. The Bertz CT molecular complexity index is 2770. The molecule has 0 saturated carbocycles. The van der Waals surface area contributed by atoms with E-state index in [2.05, 4.69) is 207 Å². The molecule has 10 rings (SSSR count). The van der Waals surface area contributed by atoms with E-state index in [-0.39, 0.29) is 5.41 Å². The topological polar surface area (TPSA) is 3.24 Å². The molecule has 9 aromatic carbocycles. The molecule has 1 heteroatoms. The highest BCUT2D eigenvalue weighted by atomic mass is 15.1. The fourth-order valence-corrected chi connectivity index (χ4v) is 8.68. The Morgan fingerprint density at radius 2 is 0.827 bits per heavy atom. The third-order valence-electron chi connectivity index (χ3n) is 11.3. The third kappa shape index (κ3) is 4.70. The zero-order chi connectivity index (χ0) is 34.8. The number of rotatable bonds is 5. The Morgan fingerprint density at radius 3 is 1.54 bits per heavy atom. The second-order valence-electron chi connectivity index (χ2n) is 14.5. The van der Waals surface area contributed by atoms with Gasteiger partial charge in [0.15, 0.2) is 0 Å². The van der Waals surface area contributed by atoms with Crippen molar-refractivity contribution < 1.29 is 0 Å². The Labute approximate surface area is 305 Å². The van der Waals surface area contributed by atoms with Crippen molar-refractivity contribution in [2.75, 3.05) is 4.90 Å². The number of benzene rings is 9. The molecule has 0 heterocycles. The maximum Gasteiger partial charge on any atom is 0.0540 e. The summed E-state index contributed by atoms with van der Waals surface area (Å²) in [7, 11) is 0. The fourth-order valence-electron chi connectivity index (χ4n) is 8.68. The molecule has 0 bridgehead atoms. The van der Waals surface area contributed by atoms with E-state index < -0.39 is 0 Å². The SMILES string of the molecule is CC1(C)c2ccccc2-c2ccc(N(c3ccc(-c4ccccc4)cc3)c3ccccc3-c3ccc4c5ccccc5c5ccccc5c4c3)cc21. The van der Waals surface area contributed by atoms with Crippen LogP contribution in [-0.4, -0.2) is 0 Å². The van der Waals surface area contributed by atoms with Gasteiger partial charge in [-0.15, -0.1) is 0 Å². The predicted molar refractivity (Wildman–Crippen MR) is 222 cm³/mol. The van der Waals surface area contributed by atoms with Gasteiger partial charge in [-0.3, -0.25) is 0 Å². The molecular weight excluding hydrogens is 627 g/mol. The summed E-state index contributed by atoms with van der Waals surface area (Å²) in [6.45, 7) is 4.72. The normalized spacial score (nSPS) is 13.0. The van der Waals surface area contributed by atoms with Crippen LogP contribution in [0, 0.1) is 0 Å². The summed E-state index contributed by atoms with van der Waals surface area (Å²) in [5, 5.41) is 7.72. The quantitative estimate of drug-likeness (QED) is 0.166. The summed E-state index contributed by atoms with van der Waals surface area (Å²) in [6, 6.07) is 69.2. The molecule has 0 aliphatic heterocycles. The van der Waals surface area contributed by atoms with Gasteiger partial charge in [0.1, 0.15) is 0 Å². The van der Waals surface area contributed by atoms with E-state index in [0.717, 1.165) is 17.1 Å². The molecule has 0 unspecified atom stereocenters. The van der Waals surface area contributed by atoms with Crippen LogP contribution in [0.15, 0.2) is 188 Å². The van der Waals surface area contributed by atoms with E-state index in [0.29, 0.717) is 0 Å². The number of hydrogen-bond donors (Lipinski definition) is 0. The van der Waals surface area contributed by atoms with Crippen LogP contribution >= 0.6 is 0 Å². The number of fused-ring (bicyclic) bond motifs is 9. The first-order chi connectivity index (χ1) is 25.6. The Hall–Kier alpha value is -6.44. The van der Waals surface area contributed by atoms with Crippen LogP contribution in [0.3, 0.4) is 0 Å². The van der Waals surface area contributed by atoms with Crippen molar-refractivity contribution >= 4 is 49.4 Å². The van der Waals surface area contributed by atoms with Crippen LogP contribution in [0.4, 0.5) is 17.1 Å². The van der Waals surface area contributed by atoms with Gasteiger partial charge < -0.3 is 4.90 Å². The molecule has 0 saturated heterocycles. The summed E-state index contributed by atoms with van der Waals surface area (Å²) in [4.78, 5) is 2.45. The van der Waals surface area contributed by atoms with Crippen LogP contribution in [-0.2, 0) is 5.41 Å².